The maximum atomic E-state index is 12.9. The van der Waals surface area contributed by atoms with Gasteiger partial charge in [-0.25, -0.2) is 4.79 Å². The van der Waals surface area contributed by atoms with Gasteiger partial charge in [0.2, 0.25) is 5.66 Å². The van der Waals surface area contributed by atoms with Gasteiger partial charge in [0.05, 0.1) is 18.2 Å². The second kappa shape index (κ2) is 4.66. The average molecular weight is 286 g/mol. The molecule has 0 N–H and O–H groups in total. The van der Waals surface area contributed by atoms with E-state index in [1.165, 1.54) is 13.0 Å². The molecule has 20 heavy (non-hydrogen) atoms. The zero-order valence-electron chi connectivity index (χ0n) is 10.5. The van der Waals surface area contributed by atoms with E-state index in [1.807, 2.05) is 0 Å². The molecule has 1 aromatic carbocycles. The van der Waals surface area contributed by atoms with Gasteiger partial charge in [0.15, 0.2) is 0 Å². The van der Waals surface area contributed by atoms with Gasteiger partial charge in [0.1, 0.15) is 0 Å². The number of carbonyl (C=O) groups excluding carboxylic acids is 1. The Morgan fingerprint density at radius 2 is 1.80 bits per heavy atom. The molecule has 106 valence electrons. The standard InChI is InChI=1S/C11H9F3N4O2/c1-10(15-17-18-16-10)7-3-6(9(19)20-2)4-8(5-7)11(12,13)14/h3-5H,1-2H3. The Balaban J connectivity index is 2.60. The lowest BCUT2D eigenvalue weighted by Gasteiger charge is -2.17. The van der Waals surface area contributed by atoms with Crippen molar-refractivity contribution in [2.75, 3.05) is 7.11 Å². The first kappa shape index (κ1) is 14.1. The normalized spacial score (nSPS) is 16.4. The summed E-state index contributed by atoms with van der Waals surface area (Å²) in [6, 6.07) is 2.79. The molecule has 0 aliphatic carbocycles. The molecule has 0 spiro atoms. The Labute approximate surface area is 111 Å². The highest BCUT2D eigenvalue weighted by Gasteiger charge is 2.36. The number of methoxy groups -OCH3 is 1. The van der Waals surface area contributed by atoms with Crippen LogP contribution >= 0.6 is 0 Å². The number of esters is 1. The van der Waals surface area contributed by atoms with Crippen LogP contribution in [-0.2, 0) is 16.6 Å². The summed E-state index contributed by atoms with van der Waals surface area (Å²) in [5, 5.41) is 13.9. The lowest BCUT2D eigenvalue weighted by Crippen LogP contribution is -2.17. The first-order valence-corrected chi connectivity index (χ1v) is 5.41. The van der Waals surface area contributed by atoms with Crippen molar-refractivity contribution in [2.24, 2.45) is 20.7 Å². The monoisotopic (exact) mass is 286 g/mol. The SMILES string of the molecule is COC(=O)c1cc(C(F)(F)F)cc(C2(C)N=NN=N2)c1. The van der Waals surface area contributed by atoms with E-state index in [0.29, 0.717) is 6.07 Å². The van der Waals surface area contributed by atoms with Crippen LogP contribution in [0.4, 0.5) is 13.2 Å². The van der Waals surface area contributed by atoms with Crippen LogP contribution in [-0.4, -0.2) is 13.1 Å². The van der Waals surface area contributed by atoms with E-state index in [9.17, 15) is 18.0 Å². The molecular formula is C11H9F3N4O2. The third-order valence-corrected chi connectivity index (χ3v) is 2.75. The zero-order chi connectivity index (χ0) is 15.0. The summed E-state index contributed by atoms with van der Waals surface area (Å²) in [7, 11) is 1.08. The maximum Gasteiger partial charge on any atom is 0.416 e. The quantitative estimate of drug-likeness (QED) is 0.780. The minimum absolute atomic E-state index is 0.0534. The summed E-state index contributed by atoms with van der Waals surface area (Å²) in [6.45, 7) is 1.43. The molecule has 1 aliphatic rings. The Bertz CT molecular complexity index is 598. The molecule has 9 heteroatoms. The minimum Gasteiger partial charge on any atom is -0.465 e. The van der Waals surface area contributed by atoms with Gasteiger partial charge in [0.25, 0.3) is 0 Å². The topological polar surface area (TPSA) is 75.7 Å². The van der Waals surface area contributed by atoms with Gasteiger partial charge < -0.3 is 4.74 Å². The van der Waals surface area contributed by atoms with Gasteiger partial charge in [0, 0.05) is 5.56 Å². The van der Waals surface area contributed by atoms with Gasteiger partial charge in [-0.2, -0.15) is 13.2 Å². The summed E-state index contributed by atoms with van der Waals surface area (Å²) in [6.07, 6.45) is -4.61. The van der Waals surface area contributed by atoms with E-state index < -0.39 is 23.4 Å². The molecule has 0 fully saturated rings. The molecule has 0 radical (unpaired) electrons. The fourth-order valence-electron chi connectivity index (χ4n) is 1.65. The predicted octanol–water partition coefficient (Wildman–Crippen LogP) is 3.50. The number of rotatable bonds is 2. The second-order valence-electron chi connectivity index (χ2n) is 4.19. The van der Waals surface area contributed by atoms with Crippen LogP contribution in [0.5, 0.6) is 0 Å². The molecule has 0 aromatic heterocycles. The summed E-state index contributed by atoms with van der Waals surface area (Å²) >= 11 is 0. The number of hydrogen-bond donors (Lipinski definition) is 0. The first-order chi connectivity index (χ1) is 9.26. The molecule has 6 nitrogen and oxygen atoms in total. The van der Waals surface area contributed by atoms with Crippen molar-refractivity contribution in [1.29, 1.82) is 0 Å². The molecule has 1 heterocycles. The van der Waals surface area contributed by atoms with Gasteiger partial charge >= 0.3 is 12.1 Å². The summed E-state index contributed by atoms with van der Waals surface area (Å²) in [5.74, 6) is -0.882. The number of benzene rings is 1. The minimum atomic E-state index is -4.61. The van der Waals surface area contributed by atoms with Crippen molar-refractivity contribution in [1.82, 2.24) is 0 Å². The van der Waals surface area contributed by atoms with Crippen LogP contribution in [0.3, 0.4) is 0 Å². The fourth-order valence-corrected chi connectivity index (χ4v) is 1.65. The van der Waals surface area contributed by atoms with Crippen LogP contribution in [0.1, 0.15) is 28.4 Å². The lowest BCUT2D eigenvalue weighted by molar-refractivity contribution is -0.137. The van der Waals surface area contributed by atoms with Gasteiger partial charge in [-0.15, -0.1) is 10.2 Å². The van der Waals surface area contributed by atoms with E-state index in [4.69, 9.17) is 0 Å². The Morgan fingerprint density at radius 1 is 1.20 bits per heavy atom. The van der Waals surface area contributed by atoms with E-state index in [-0.39, 0.29) is 11.1 Å². The van der Waals surface area contributed by atoms with E-state index in [0.717, 1.165) is 13.2 Å². The van der Waals surface area contributed by atoms with Gasteiger partial charge in [-0.3, -0.25) is 0 Å². The number of ether oxygens (including phenoxy) is 1. The van der Waals surface area contributed by atoms with Crippen LogP contribution in [0, 0.1) is 0 Å². The summed E-state index contributed by atoms with van der Waals surface area (Å²) < 4.78 is 43.0. The molecule has 2 rings (SSSR count). The van der Waals surface area contributed by atoms with Gasteiger partial charge in [-0.05, 0) is 35.6 Å². The largest absolute Gasteiger partial charge is 0.465 e. The molecule has 0 saturated heterocycles. The highest BCUT2D eigenvalue weighted by atomic mass is 19.4. The third-order valence-electron chi connectivity index (χ3n) is 2.75. The van der Waals surface area contributed by atoms with Crippen molar-refractivity contribution in [3.05, 3.63) is 34.9 Å². The highest BCUT2D eigenvalue weighted by Crippen LogP contribution is 2.37. The van der Waals surface area contributed by atoms with Crippen molar-refractivity contribution >= 4 is 5.97 Å². The van der Waals surface area contributed by atoms with E-state index >= 15 is 0 Å². The van der Waals surface area contributed by atoms with Crippen molar-refractivity contribution in [3.63, 3.8) is 0 Å². The Hall–Kier alpha value is -2.32. The maximum absolute atomic E-state index is 12.9. The van der Waals surface area contributed by atoms with Crippen LogP contribution in [0.15, 0.2) is 38.9 Å². The molecule has 0 amide bonds. The molecule has 1 aromatic rings. The number of hydrogen-bond acceptors (Lipinski definition) is 6. The van der Waals surface area contributed by atoms with Crippen molar-refractivity contribution in [2.45, 2.75) is 18.8 Å². The zero-order valence-corrected chi connectivity index (χ0v) is 10.5. The molecule has 0 bridgehead atoms. The molecule has 0 unspecified atom stereocenters. The number of nitrogens with zero attached hydrogens (tertiary/aromatic N) is 4. The summed E-state index contributed by atoms with van der Waals surface area (Å²) in [4.78, 5) is 11.5. The molecule has 1 aliphatic heterocycles. The number of halogens is 3. The molecule has 0 saturated carbocycles. The third kappa shape index (κ3) is 2.51. The average Bonchev–Trinajstić information content (AvgIpc) is 2.84. The van der Waals surface area contributed by atoms with Crippen LogP contribution in [0.2, 0.25) is 0 Å². The van der Waals surface area contributed by atoms with E-state index in [1.54, 1.807) is 0 Å². The second-order valence-corrected chi connectivity index (χ2v) is 4.19. The number of carbonyl (C=O) groups is 1. The molecule has 0 atom stereocenters. The van der Waals surface area contributed by atoms with Gasteiger partial charge in [-0.1, -0.05) is 0 Å². The smallest absolute Gasteiger partial charge is 0.416 e. The predicted molar refractivity (Wildman–Crippen MR) is 59.8 cm³/mol. The summed E-state index contributed by atoms with van der Waals surface area (Å²) in [5.41, 5.74) is -2.55. The lowest BCUT2D eigenvalue weighted by atomic mass is 9.97. The van der Waals surface area contributed by atoms with Crippen molar-refractivity contribution in [3.8, 4) is 0 Å². The Kier molecular flexibility index (Phi) is 3.28. The van der Waals surface area contributed by atoms with E-state index in [2.05, 4.69) is 25.4 Å². The highest BCUT2D eigenvalue weighted by molar-refractivity contribution is 5.89. The van der Waals surface area contributed by atoms with Crippen LogP contribution < -0.4 is 0 Å². The fraction of sp³-hybridized carbons (Fsp3) is 0.364. The Morgan fingerprint density at radius 3 is 2.30 bits per heavy atom. The van der Waals surface area contributed by atoms with Crippen molar-refractivity contribution < 1.29 is 22.7 Å². The first-order valence-electron chi connectivity index (χ1n) is 5.41. The van der Waals surface area contributed by atoms with Crippen LogP contribution in [0.25, 0.3) is 0 Å². The number of alkyl halides is 3. The molecular weight excluding hydrogens is 277 g/mol.